The van der Waals surface area contributed by atoms with E-state index < -0.39 is 5.97 Å². The van der Waals surface area contributed by atoms with E-state index in [2.05, 4.69) is 5.10 Å². The van der Waals surface area contributed by atoms with Gasteiger partial charge in [-0.15, -0.1) is 0 Å². The molecule has 1 aromatic heterocycles. The number of likely N-dealkylation sites (tertiary alicyclic amines) is 1. The maximum atomic E-state index is 12.5. The molecule has 0 aliphatic carbocycles. The van der Waals surface area contributed by atoms with Crippen LogP contribution < -0.4 is 0 Å². The second kappa shape index (κ2) is 6.81. The summed E-state index contributed by atoms with van der Waals surface area (Å²) >= 11 is 0. The van der Waals surface area contributed by atoms with E-state index in [0.717, 1.165) is 30.3 Å². The van der Waals surface area contributed by atoms with Gasteiger partial charge in [0.2, 0.25) is 5.91 Å². The molecule has 1 fully saturated rings. The van der Waals surface area contributed by atoms with Crippen LogP contribution in [0.15, 0.2) is 30.5 Å². The van der Waals surface area contributed by atoms with Crippen molar-refractivity contribution in [3.63, 3.8) is 0 Å². The average molecular weight is 315 g/mol. The summed E-state index contributed by atoms with van der Waals surface area (Å²) < 4.78 is 1.73. The highest BCUT2D eigenvalue weighted by Crippen LogP contribution is 2.21. The number of carbonyl (C=O) groups excluding carboxylic acids is 1. The van der Waals surface area contributed by atoms with E-state index in [-0.39, 0.29) is 24.8 Å². The van der Waals surface area contributed by atoms with E-state index in [1.54, 1.807) is 10.9 Å². The van der Waals surface area contributed by atoms with Crippen molar-refractivity contribution in [1.29, 1.82) is 0 Å². The number of benzene rings is 1. The molecule has 1 amide bonds. The lowest BCUT2D eigenvalue weighted by Gasteiger charge is -2.32. The maximum absolute atomic E-state index is 12.5. The Hall–Kier alpha value is -2.37. The highest BCUT2D eigenvalue weighted by atomic mass is 16.4. The topological polar surface area (TPSA) is 75.4 Å². The second-order valence-electron chi connectivity index (χ2n) is 6.14. The number of amides is 1. The molecule has 1 aromatic carbocycles. The largest absolute Gasteiger partial charge is 0.481 e. The molecule has 1 aliphatic heterocycles. The van der Waals surface area contributed by atoms with Crippen molar-refractivity contribution >= 4 is 22.8 Å². The van der Waals surface area contributed by atoms with E-state index in [1.807, 2.05) is 29.2 Å². The molecule has 1 aliphatic rings. The van der Waals surface area contributed by atoms with E-state index >= 15 is 0 Å². The fourth-order valence-electron chi connectivity index (χ4n) is 3.23. The summed E-state index contributed by atoms with van der Waals surface area (Å²) in [5, 5.41) is 14.1. The maximum Gasteiger partial charge on any atom is 0.303 e. The molecule has 0 saturated carbocycles. The van der Waals surface area contributed by atoms with Crippen molar-refractivity contribution in [2.45, 2.75) is 32.2 Å². The Kier molecular flexibility index (Phi) is 4.60. The first-order valence-electron chi connectivity index (χ1n) is 8.03. The number of para-hydroxylation sites is 1. The van der Waals surface area contributed by atoms with Crippen LogP contribution >= 0.6 is 0 Å². The van der Waals surface area contributed by atoms with Crippen LogP contribution in [-0.2, 0) is 16.1 Å². The Morgan fingerprint density at radius 1 is 1.30 bits per heavy atom. The molecule has 0 spiro atoms. The lowest BCUT2D eigenvalue weighted by Crippen LogP contribution is -2.41. The van der Waals surface area contributed by atoms with Crippen LogP contribution in [0.5, 0.6) is 0 Å². The summed E-state index contributed by atoms with van der Waals surface area (Å²) in [4.78, 5) is 25.1. The minimum absolute atomic E-state index is 0.0545. The quantitative estimate of drug-likeness (QED) is 0.917. The number of hydrogen-bond acceptors (Lipinski definition) is 3. The van der Waals surface area contributed by atoms with Crippen LogP contribution in [0.4, 0.5) is 0 Å². The SMILES string of the molecule is O=C(O)CC[C@@H]1CCCN(C(=O)Cn2ncc3ccccc32)C1. The minimum atomic E-state index is -0.767. The predicted molar refractivity (Wildman–Crippen MR) is 85.9 cm³/mol. The number of carboxylic acids is 1. The van der Waals surface area contributed by atoms with E-state index in [0.29, 0.717) is 13.0 Å². The van der Waals surface area contributed by atoms with Gasteiger partial charge in [-0.05, 0) is 31.2 Å². The van der Waals surface area contributed by atoms with Crippen molar-refractivity contribution < 1.29 is 14.7 Å². The molecule has 122 valence electrons. The molecule has 3 rings (SSSR count). The Morgan fingerprint density at radius 3 is 2.96 bits per heavy atom. The molecule has 1 saturated heterocycles. The van der Waals surface area contributed by atoms with Gasteiger partial charge in [-0.1, -0.05) is 18.2 Å². The molecule has 1 atom stereocenters. The fraction of sp³-hybridized carbons (Fsp3) is 0.471. The molecule has 6 heteroatoms. The molecule has 23 heavy (non-hydrogen) atoms. The molecule has 2 aromatic rings. The van der Waals surface area contributed by atoms with Crippen LogP contribution in [0.3, 0.4) is 0 Å². The third kappa shape index (κ3) is 3.70. The third-order valence-corrected chi connectivity index (χ3v) is 4.47. The summed E-state index contributed by atoms with van der Waals surface area (Å²) in [6.45, 7) is 1.64. The number of carboxylic acid groups (broad SMARTS) is 1. The molecule has 2 heterocycles. The highest BCUT2D eigenvalue weighted by Gasteiger charge is 2.24. The van der Waals surface area contributed by atoms with Gasteiger partial charge in [-0.3, -0.25) is 14.3 Å². The Balaban J connectivity index is 1.62. The highest BCUT2D eigenvalue weighted by molar-refractivity contribution is 5.82. The zero-order valence-electron chi connectivity index (χ0n) is 13.0. The van der Waals surface area contributed by atoms with Crippen LogP contribution in [0.25, 0.3) is 10.9 Å². The monoisotopic (exact) mass is 315 g/mol. The summed E-state index contributed by atoms with van der Waals surface area (Å²) in [6.07, 6.45) is 4.53. The summed E-state index contributed by atoms with van der Waals surface area (Å²) in [7, 11) is 0. The van der Waals surface area contributed by atoms with Crippen molar-refractivity contribution in [1.82, 2.24) is 14.7 Å². The van der Waals surface area contributed by atoms with Gasteiger partial charge in [-0.25, -0.2) is 0 Å². The first-order chi connectivity index (χ1) is 11.1. The fourth-order valence-corrected chi connectivity index (χ4v) is 3.23. The van der Waals surface area contributed by atoms with Crippen molar-refractivity contribution in [3.05, 3.63) is 30.5 Å². The number of fused-ring (bicyclic) bond motifs is 1. The van der Waals surface area contributed by atoms with Gasteiger partial charge in [0.1, 0.15) is 6.54 Å². The molecular formula is C17H21N3O3. The molecule has 1 N–H and O–H groups in total. The Bertz CT molecular complexity index is 710. The third-order valence-electron chi connectivity index (χ3n) is 4.47. The number of aliphatic carboxylic acids is 1. The van der Waals surface area contributed by atoms with Crippen LogP contribution in [0.2, 0.25) is 0 Å². The normalized spacial score (nSPS) is 18.3. The Morgan fingerprint density at radius 2 is 2.13 bits per heavy atom. The molecule has 0 radical (unpaired) electrons. The minimum Gasteiger partial charge on any atom is -0.481 e. The van der Waals surface area contributed by atoms with Gasteiger partial charge in [0, 0.05) is 24.9 Å². The summed E-state index contributed by atoms with van der Waals surface area (Å²) in [5.74, 6) is -0.423. The van der Waals surface area contributed by atoms with Crippen molar-refractivity contribution in [2.75, 3.05) is 13.1 Å². The number of hydrogen-bond donors (Lipinski definition) is 1. The van der Waals surface area contributed by atoms with Gasteiger partial charge in [0.25, 0.3) is 0 Å². The number of aromatic nitrogens is 2. The van der Waals surface area contributed by atoms with E-state index in [1.165, 1.54) is 0 Å². The molecule has 6 nitrogen and oxygen atoms in total. The first kappa shape index (κ1) is 15.5. The molecule has 0 bridgehead atoms. The standard InChI is InChI=1S/C17H21N3O3/c21-16(12-20-15-6-2-1-5-14(15)10-18-20)19-9-3-4-13(11-19)7-8-17(22)23/h1-2,5-6,10,13H,3-4,7-9,11-12H2,(H,22,23)/t13-/m0/s1. The van der Waals surface area contributed by atoms with E-state index in [4.69, 9.17) is 5.11 Å². The van der Waals surface area contributed by atoms with Gasteiger partial charge in [-0.2, -0.15) is 5.10 Å². The Labute approximate surface area is 134 Å². The number of rotatable bonds is 5. The smallest absolute Gasteiger partial charge is 0.303 e. The van der Waals surface area contributed by atoms with Gasteiger partial charge in [0.15, 0.2) is 0 Å². The van der Waals surface area contributed by atoms with Crippen molar-refractivity contribution in [2.24, 2.45) is 5.92 Å². The van der Waals surface area contributed by atoms with Gasteiger partial charge >= 0.3 is 5.97 Å². The van der Waals surface area contributed by atoms with Gasteiger partial charge < -0.3 is 10.0 Å². The summed E-state index contributed by atoms with van der Waals surface area (Å²) in [6, 6.07) is 7.83. The number of nitrogens with zero attached hydrogens (tertiary/aromatic N) is 3. The molecular weight excluding hydrogens is 294 g/mol. The van der Waals surface area contributed by atoms with E-state index in [9.17, 15) is 9.59 Å². The lowest BCUT2D eigenvalue weighted by atomic mass is 9.93. The molecule has 0 unspecified atom stereocenters. The van der Waals surface area contributed by atoms with Crippen LogP contribution in [0.1, 0.15) is 25.7 Å². The number of carbonyl (C=O) groups is 2. The van der Waals surface area contributed by atoms with Crippen LogP contribution in [-0.4, -0.2) is 44.8 Å². The summed E-state index contributed by atoms with van der Waals surface area (Å²) in [5.41, 5.74) is 0.959. The lowest BCUT2D eigenvalue weighted by molar-refractivity contribution is -0.137. The van der Waals surface area contributed by atoms with Gasteiger partial charge in [0.05, 0.1) is 11.7 Å². The number of piperidine rings is 1. The zero-order chi connectivity index (χ0) is 16.2. The van der Waals surface area contributed by atoms with Crippen molar-refractivity contribution in [3.8, 4) is 0 Å². The average Bonchev–Trinajstić information content (AvgIpc) is 2.96. The first-order valence-corrected chi connectivity index (χ1v) is 8.03. The van der Waals surface area contributed by atoms with Crippen LogP contribution in [0, 0.1) is 5.92 Å². The zero-order valence-corrected chi connectivity index (χ0v) is 13.0. The second-order valence-corrected chi connectivity index (χ2v) is 6.14. The predicted octanol–water partition coefficient (Wildman–Crippen LogP) is 2.14.